The molecule has 1 aromatic carbocycles. The molecule has 4 nitrogen and oxygen atoms in total. The minimum absolute atomic E-state index is 0.000256. The van der Waals surface area contributed by atoms with Crippen molar-refractivity contribution in [3.63, 3.8) is 0 Å². The van der Waals surface area contributed by atoms with Crippen LogP contribution in [0.2, 0.25) is 0 Å². The van der Waals surface area contributed by atoms with Crippen molar-refractivity contribution in [3.05, 3.63) is 23.3 Å². The first-order chi connectivity index (χ1) is 9.85. The van der Waals surface area contributed by atoms with Crippen LogP contribution in [0.3, 0.4) is 0 Å². The fraction of sp³-hybridized carbons (Fsp3) is 0.625. The number of rotatable bonds is 5. The molecule has 0 spiro atoms. The summed E-state index contributed by atoms with van der Waals surface area (Å²) in [7, 11) is -1.62. The Morgan fingerprint density at radius 3 is 2.14 bits per heavy atom. The molecular weight excluding hydrogens is 284 g/mol. The third-order valence-corrected chi connectivity index (χ3v) is 6.33. The zero-order valence-electron chi connectivity index (χ0n) is 13.4. The van der Waals surface area contributed by atoms with Crippen LogP contribution in [-0.4, -0.2) is 21.5 Å². The first kappa shape index (κ1) is 16.3. The minimum Gasteiger partial charge on any atom is -0.388 e. The summed E-state index contributed by atoms with van der Waals surface area (Å²) in [5.41, 5.74) is 2.50. The molecule has 5 heteroatoms. The van der Waals surface area contributed by atoms with Crippen molar-refractivity contribution in [2.24, 2.45) is 5.92 Å². The van der Waals surface area contributed by atoms with Crippen LogP contribution in [0.15, 0.2) is 17.0 Å². The first-order valence-electron chi connectivity index (χ1n) is 7.66. The zero-order chi connectivity index (χ0) is 15.6. The van der Waals surface area contributed by atoms with Gasteiger partial charge in [0.15, 0.2) is 0 Å². The van der Waals surface area contributed by atoms with E-state index in [0.717, 1.165) is 29.7 Å². The standard InChI is InChI=1S/C16H26N2O2S/c1-11-9-15(17-4)10-12(2)16(11)21(19,20)18-13(3)14-7-5-6-8-14/h9-10,13-14,17-18H,5-8H2,1-4H3. The number of hydrogen-bond acceptors (Lipinski definition) is 3. The van der Waals surface area contributed by atoms with Crippen LogP contribution in [0, 0.1) is 19.8 Å². The molecule has 2 N–H and O–H groups in total. The van der Waals surface area contributed by atoms with Gasteiger partial charge in [0, 0.05) is 18.8 Å². The molecule has 1 fully saturated rings. The normalized spacial score (nSPS) is 17.9. The van der Waals surface area contributed by atoms with Crippen molar-refractivity contribution in [1.29, 1.82) is 0 Å². The van der Waals surface area contributed by atoms with E-state index in [-0.39, 0.29) is 6.04 Å². The number of benzene rings is 1. The van der Waals surface area contributed by atoms with E-state index in [1.54, 1.807) is 0 Å². The second-order valence-electron chi connectivity index (χ2n) is 6.14. The lowest BCUT2D eigenvalue weighted by molar-refractivity contribution is 0.424. The summed E-state index contributed by atoms with van der Waals surface area (Å²) in [6, 6.07) is 3.75. The molecule has 2 rings (SSSR count). The van der Waals surface area contributed by atoms with E-state index >= 15 is 0 Å². The third-order valence-electron chi connectivity index (χ3n) is 4.47. The van der Waals surface area contributed by atoms with Crippen LogP contribution in [-0.2, 0) is 10.0 Å². The van der Waals surface area contributed by atoms with Gasteiger partial charge in [-0.05, 0) is 62.8 Å². The van der Waals surface area contributed by atoms with Crippen LogP contribution in [0.4, 0.5) is 5.69 Å². The highest BCUT2D eigenvalue weighted by Crippen LogP contribution is 2.29. The van der Waals surface area contributed by atoms with Crippen LogP contribution < -0.4 is 10.0 Å². The van der Waals surface area contributed by atoms with Crippen molar-refractivity contribution < 1.29 is 8.42 Å². The fourth-order valence-corrected chi connectivity index (χ4v) is 5.14. The zero-order valence-corrected chi connectivity index (χ0v) is 14.2. The predicted octanol–water partition coefficient (Wildman–Crippen LogP) is 3.20. The topological polar surface area (TPSA) is 58.2 Å². The van der Waals surface area contributed by atoms with E-state index in [1.807, 2.05) is 40.0 Å². The maximum Gasteiger partial charge on any atom is 0.241 e. The average Bonchev–Trinajstić information content (AvgIpc) is 2.90. The monoisotopic (exact) mass is 310 g/mol. The predicted molar refractivity (Wildman–Crippen MR) is 87.2 cm³/mol. The molecule has 0 aromatic heterocycles. The van der Waals surface area contributed by atoms with E-state index < -0.39 is 10.0 Å². The van der Waals surface area contributed by atoms with Gasteiger partial charge in [0.05, 0.1) is 4.90 Å². The van der Waals surface area contributed by atoms with Gasteiger partial charge in [-0.25, -0.2) is 13.1 Å². The summed E-state index contributed by atoms with van der Waals surface area (Å²) in [4.78, 5) is 0.423. The molecule has 21 heavy (non-hydrogen) atoms. The van der Waals surface area contributed by atoms with Gasteiger partial charge >= 0.3 is 0 Å². The van der Waals surface area contributed by atoms with Gasteiger partial charge in [0.25, 0.3) is 0 Å². The quantitative estimate of drug-likeness (QED) is 0.878. The molecule has 0 heterocycles. The second-order valence-corrected chi connectivity index (χ2v) is 7.79. The van der Waals surface area contributed by atoms with Gasteiger partial charge in [-0.2, -0.15) is 0 Å². The Labute approximate surface area is 128 Å². The number of hydrogen-bond donors (Lipinski definition) is 2. The lowest BCUT2D eigenvalue weighted by Crippen LogP contribution is -2.37. The largest absolute Gasteiger partial charge is 0.388 e. The number of sulfonamides is 1. The van der Waals surface area contributed by atoms with Gasteiger partial charge in [0.1, 0.15) is 0 Å². The van der Waals surface area contributed by atoms with Crippen molar-refractivity contribution in [2.45, 2.75) is 57.4 Å². The van der Waals surface area contributed by atoms with E-state index in [1.165, 1.54) is 12.8 Å². The van der Waals surface area contributed by atoms with Crippen LogP contribution >= 0.6 is 0 Å². The summed E-state index contributed by atoms with van der Waals surface area (Å²) < 4.78 is 28.3. The third kappa shape index (κ3) is 3.58. The summed E-state index contributed by atoms with van der Waals surface area (Å²) in [6.45, 7) is 5.69. The van der Waals surface area contributed by atoms with Gasteiger partial charge in [-0.15, -0.1) is 0 Å². The minimum atomic E-state index is -3.46. The molecule has 1 unspecified atom stereocenters. The number of aryl methyl sites for hydroxylation is 2. The Morgan fingerprint density at radius 1 is 1.14 bits per heavy atom. The molecule has 0 radical (unpaired) electrons. The van der Waals surface area contributed by atoms with Crippen LogP contribution in [0.25, 0.3) is 0 Å². The molecule has 0 bridgehead atoms. The molecular formula is C16H26N2O2S. The van der Waals surface area contributed by atoms with Gasteiger partial charge < -0.3 is 5.32 Å². The Balaban J connectivity index is 2.27. The number of anilines is 1. The van der Waals surface area contributed by atoms with Crippen molar-refractivity contribution in [3.8, 4) is 0 Å². The van der Waals surface area contributed by atoms with Gasteiger partial charge in [0.2, 0.25) is 10.0 Å². The van der Waals surface area contributed by atoms with Crippen molar-refractivity contribution in [1.82, 2.24) is 4.72 Å². The highest BCUT2D eigenvalue weighted by Gasteiger charge is 2.27. The Morgan fingerprint density at radius 2 is 1.67 bits per heavy atom. The fourth-order valence-electron chi connectivity index (χ4n) is 3.38. The molecule has 1 saturated carbocycles. The summed E-state index contributed by atoms with van der Waals surface area (Å²) in [6.07, 6.45) is 4.68. The Bertz CT molecular complexity index is 582. The summed E-state index contributed by atoms with van der Waals surface area (Å²) in [5.74, 6) is 0.469. The molecule has 0 saturated heterocycles. The summed E-state index contributed by atoms with van der Waals surface area (Å²) >= 11 is 0. The Kier molecular flexibility index (Phi) is 4.94. The molecule has 1 aliphatic carbocycles. The van der Waals surface area contributed by atoms with Crippen molar-refractivity contribution >= 4 is 15.7 Å². The SMILES string of the molecule is CNc1cc(C)c(S(=O)(=O)NC(C)C2CCCC2)c(C)c1. The molecule has 0 aliphatic heterocycles. The smallest absolute Gasteiger partial charge is 0.241 e. The highest BCUT2D eigenvalue weighted by molar-refractivity contribution is 7.89. The lowest BCUT2D eigenvalue weighted by atomic mass is 10.0. The maximum absolute atomic E-state index is 12.7. The average molecular weight is 310 g/mol. The lowest BCUT2D eigenvalue weighted by Gasteiger charge is -2.22. The molecule has 0 amide bonds. The first-order valence-corrected chi connectivity index (χ1v) is 9.15. The van der Waals surface area contributed by atoms with Gasteiger partial charge in [-0.3, -0.25) is 0 Å². The molecule has 1 aromatic rings. The molecule has 1 aliphatic rings. The molecule has 1 atom stereocenters. The highest BCUT2D eigenvalue weighted by atomic mass is 32.2. The maximum atomic E-state index is 12.7. The van der Waals surface area contributed by atoms with Crippen LogP contribution in [0.5, 0.6) is 0 Å². The van der Waals surface area contributed by atoms with Crippen LogP contribution in [0.1, 0.15) is 43.7 Å². The van der Waals surface area contributed by atoms with E-state index in [2.05, 4.69) is 10.0 Å². The summed E-state index contributed by atoms with van der Waals surface area (Å²) in [5, 5.41) is 3.06. The van der Waals surface area contributed by atoms with E-state index in [9.17, 15) is 8.42 Å². The van der Waals surface area contributed by atoms with E-state index in [4.69, 9.17) is 0 Å². The Hall–Kier alpha value is -1.07. The van der Waals surface area contributed by atoms with Crippen molar-refractivity contribution in [2.75, 3.05) is 12.4 Å². The second kappa shape index (κ2) is 6.36. The number of nitrogens with one attached hydrogen (secondary N) is 2. The van der Waals surface area contributed by atoms with Gasteiger partial charge in [-0.1, -0.05) is 12.8 Å². The van der Waals surface area contributed by atoms with E-state index in [0.29, 0.717) is 10.8 Å². The molecule has 118 valence electrons.